The van der Waals surface area contributed by atoms with Gasteiger partial charge in [-0.3, -0.25) is 9.62 Å². The number of carbonyl (C=O) groups excluding carboxylic acids is 1. The highest BCUT2D eigenvalue weighted by Gasteiger charge is 2.13. The molecule has 2 rings (SSSR count). The van der Waals surface area contributed by atoms with Gasteiger partial charge in [-0.15, -0.1) is 0 Å². The molecule has 0 radical (unpaired) electrons. The lowest BCUT2D eigenvalue weighted by atomic mass is 10.2. The minimum atomic E-state index is -0.284. The standard InChI is InChI=1S/C14H17N5OS.C2H6/c1-9-7-5-6-8-12(9)21-19(4)14(20)18-13-16-10(2)15-11(3)17-13;1-2/h5-8H,1-4H3,(H,15,16,17,18,20);1-2H3. The molecular formula is C16H23N5OS. The first-order chi connectivity index (χ1) is 11.0. The van der Waals surface area contributed by atoms with Crippen LogP contribution in [0.25, 0.3) is 0 Å². The summed E-state index contributed by atoms with van der Waals surface area (Å²) < 4.78 is 1.51. The first-order valence-electron chi connectivity index (χ1n) is 7.43. The van der Waals surface area contributed by atoms with E-state index in [1.54, 1.807) is 20.9 Å². The van der Waals surface area contributed by atoms with Crippen molar-refractivity contribution < 1.29 is 4.79 Å². The van der Waals surface area contributed by atoms with E-state index in [1.807, 2.05) is 45.0 Å². The highest BCUT2D eigenvalue weighted by atomic mass is 32.2. The lowest BCUT2D eigenvalue weighted by Gasteiger charge is -2.17. The number of anilines is 1. The van der Waals surface area contributed by atoms with E-state index in [0.717, 1.165) is 10.5 Å². The second kappa shape index (κ2) is 9.09. The smallest absolute Gasteiger partial charge is 0.275 e. The molecule has 0 atom stereocenters. The Kier molecular flexibility index (Phi) is 7.47. The van der Waals surface area contributed by atoms with Crippen LogP contribution in [0.2, 0.25) is 0 Å². The second-order valence-corrected chi connectivity index (χ2v) is 5.71. The van der Waals surface area contributed by atoms with Crippen LogP contribution in [-0.2, 0) is 0 Å². The Hall–Kier alpha value is -2.15. The predicted octanol–water partition coefficient (Wildman–Crippen LogP) is 3.99. The fourth-order valence-corrected chi connectivity index (χ4v) is 2.47. The van der Waals surface area contributed by atoms with E-state index in [2.05, 4.69) is 20.3 Å². The number of nitrogens with zero attached hydrogens (tertiary/aromatic N) is 4. The van der Waals surface area contributed by atoms with E-state index in [-0.39, 0.29) is 12.0 Å². The molecule has 0 bridgehead atoms. The van der Waals surface area contributed by atoms with Crippen molar-refractivity contribution in [2.24, 2.45) is 0 Å². The van der Waals surface area contributed by atoms with Gasteiger partial charge >= 0.3 is 6.03 Å². The molecule has 1 N–H and O–H groups in total. The van der Waals surface area contributed by atoms with E-state index in [1.165, 1.54) is 16.3 Å². The zero-order valence-corrected chi connectivity index (χ0v) is 15.2. The molecule has 0 saturated heterocycles. The molecule has 0 unspecified atom stereocenters. The van der Waals surface area contributed by atoms with E-state index in [4.69, 9.17) is 0 Å². The molecule has 23 heavy (non-hydrogen) atoms. The van der Waals surface area contributed by atoms with Crippen molar-refractivity contribution in [1.82, 2.24) is 19.3 Å². The molecule has 0 saturated carbocycles. The van der Waals surface area contributed by atoms with Crippen LogP contribution in [0.3, 0.4) is 0 Å². The van der Waals surface area contributed by atoms with E-state index in [0.29, 0.717) is 11.6 Å². The van der Waals surface area contributed by atoms with Crippen molar-refractivity contribution in [3.63, 3.8) is 0 Å². The van der Waals surface area contributed by atoms with Crippen molar-refractivity contribution in [3.8, 4) is 0 Å². The minimum absolute atomic E-state index is 0.266. The summed E-state index contributed by atoms with van der Waals surface area (Å²) in [5.74, 6) is 1.42. The average Bonchev–Trinajstić information content (AvgIpc) is 2.50. The molecule has 2 amide bonds. The molecule has 7 heteroatoms. The molecule has 0 aliphatic heterocycles. The summed E-state index contributed by atoms with van der Waals surface area (Å²) in [4.78, 5) is 25.4. The van der Waals surface area contributed by atoms with Crippen LogP contribution in [0, 0.1) is 20.8 Å². The summed E-state index contributed by atoms with van der Waals surface area (Å²) in [5.41, 5.74) is 1.12. The molecule has 0 aliphatic carbocycles. The summed E-state index contributed by atoms with van der Waals surface area (Å²) in [5, 5.41) is 2.67. The second-order valence-electron chi connectivity index (χ2n) is 4.54. The zero-order chi connectivity index (χ0) is 17.4. The van der Waals surface area contributed by atoms with Crippen LogP contribution in [0.5, 0.6) is 0 Å². The number of benzene rings is 1. The quantitative estimate of drug-likeness (QED) is 0.860. The third-order valence-electron chi connectivity index (χ3n) is 2.69. The Morgan fingerprint density at radius 2 is 1.61 bits per heavy atom. The van der Waals surface area contributed by atoms with Gasteiger partial charge in [0.15, 0.2) is 0 Å². The number of nitrogens with one attached hydrogen (secondary N) is 1. The van der Waals surface area contributed by atoms with Gasteiger partial charge in [0.05, 0.1) is 0 Å². The highest BCUT2D eigenvalue weighted by molar-refractivity contribution is 7.97. The number of aryl methyl sites for hydroxylation is 3. The molecule has 124 valence electrons. The van der Waals surface area contributed by atoms with Crippen molar-refractivity contribution in [2.75, 3.05) is 12.4 Å². The number of urea groups is 1. The number of carbonyl (C=O) groups is 1. The van der Waals surface area contributed by atoms with Gasteiger partial charge in [-0.25, -0.2) is 9.78 Å². The Morgan fingerprint density at radius 1 is 1.04 bits per heavy atom. The molecule has 1 aromatic carbocycles. The van der Waals surface area contributed by atoms with Crippen molar-refractivity contribution in [3.05, 3.63) is 41.5 Å². The lowest BCUT2D eigenvalue weighted by Crippen LogP contribution is -2.27. The largest absolute Gasteiger partial charge is 0.334 e. The number of amides is 2. The van der Waals surface area contributed by atoms with Crippen LogP contribution in [0.1, 0.15) is 31.1 Å². The Morgan fingerprint density at radius 3 is 2.17 bits per heavy atom. The van der Waals surface area contributed by atoms with Crippen LogP contribution >= 0.6 is 11.9 Å². The molecule has 0 spiro atoms. The topological polar surface area (TPSA) is 71.0 Å². The van der Waals surface area contributed by atoms with Crippen molar-refractivity contribution >= 4 is 23.9 Å². The van der Waals surface area contributed by atoms with Crippen LogP contribution in [-0.4, -0.2) is 32.3 Å². The highest BCUT2D eigenvalue weighted by Crippen LogP contribution is 2.24. The first kappa shape index (κ1) is 18.9. The Bertz CT molecular complexity index is 642. The summed E-state index contributed by atoms with van der Waals surface area (Å²) in [6.45, 7) is 9.53. The molecule has 1 aromatic heterocycles. The fourth-order valence-electron chi connectivity index (χ4n) is 1.69. The maximum atomic E-state index is 12.1. The Balaban J connectivity index is 0.00000127. The number of aromatic nitrogens is 3. The summed E-state index contributed by atoms with van der Waals surface area (Å²) in [7, 11) is 1.70. The Labute approximate surface area is 141 Å². The third-order valence-corrected chi connectivity index (χ3v) is 3.79. The third kappa shape index (κ3) is 5.86. The van der Waals surface area contributed by atoms with E-state index in [9.17, 15) is 4.79 Å². The first-order valence-corrected chi connectivity index (χ1v) is 8.20. The monoisotopic (exact) mass is 333 g/mol. The predicted molar refractivity (Wildman–Crippen MR) is 94.5 cm³/mol. The number of rotatable bonds is 3. The van der Waals surface area contributed by atoms with Gasteiger partial charge in [0.25, 0.3) is 0 Å². The van der Waals surface area contributed by atoms with Crippen molar-refractivity contribution in [1.29, 1.82) is 0 Å². The van der Waals surface area contributed by atoms with Gasteiger partial charge in [0.1, 0.15) is 11.6 Å². The molecule has 6 nitrogen and oxygen atoms in total. The summed E-state index contributed by atoms with van der Waals surface area (Å²) in [6.07, 6.45) is 0. The SMILES string of the molecule is CC.Cc1nc(C)nc(NC(=O)N(C)Sc2ccccc2C)n1. The molecule has 2 aromatic rings. The summed E-state index contributed by atoms with van der Waals surface area (Å²) >= 11 is 1.36. The van der Waals surface area contributed by atoms with Crippen molar-refractivity contribution in [2.45, 2.75) is 39.5 Å². The van der Waals surface area contributed by atoms with Gasteiger partial charge in [0.2, 0.25) is 5.95 Å². The molecule has 0 aliphatic rings. The van der Waals surface area contributed by atoms with Gasteiger partial charge in [-0.1, -0.05) is 32.0 Å². The fraction of sp³-hybridized carbons (Fsp3) is 0.375. The maximum absolute atomic E-state index is 12.1. The molecule has 0 fully saturated rings. The van der Waals surface area contributed by atoms with Crippen LogP contribution in [0.4, 0.5) is 10.7 Å². The van der Waals surface area contributed by atoms with Gasteiger partial charge < -0.3 is 0 Å². The molecule has 1 heterocycles. The summed E-state index contributed by atoms with van der Waals surface area (Å²) in [6, 6.07) is 7.61. The van der Waals surface area contributed by atoms with Crippen LogP contribution in [0.15, 0.2) is 29.2 Å². The average molecular weight is 333 g/mol. The number of hydrogen-bond donors (Lipinski definition) is 1. The van der Waals surface area contributed by atoms with Gasteiger partial charge in [-0.2, -0.15) is 9.97 Å². The molecular weight excluding hydrogens is 310 g/mol. The zero-order valence-electron chi connectivity index (χ0n) is 14.4. The minimum Gasteiger partial charge on any atom is -0.275 e. The van der Waals surface area contributed by atoms with Gasteiger partial charge in [0, 0.05) is 11.9 Å². The van der Waals surface area contributed by atoms with Crippen LogP contribution < -0.4 is 5.32 Å². The van der Waals surface area contributed by atoms with E-state index >= 15 is 0 Å². The maximum Gasteiger partial charge on any atom is 0.334 e. The van der Waals surface area contributed by atoms with E-state index < -0.39 is 0 Å². The normalized spacial score (nSPS) is 9.65. The lowest BCUT2D eigenvalue weighted by molar-refractivity contribution is 0.242. The van der Waals surface area contributed by atoms with Gasteiger partial charge in [-0.05, 0) is 44.3 Å². The number of hydrogen-bond acceptors (Lipinski definition) is 5.